The summed E-state index contributed by atoms with van der Waals surface area (Å²) in [5.74, 6) is 2.02. The van der Waals surface area contributed by atoms with Crippen LogP contribution in [0.5, 0.6) is 5.75 Å². The molecule has 0 N–H and O–H groups in total. The molecule has 0 amide bonds. The summed E-state index contributed by atoms with van der Waals surface area (Å²) < 4.78 is 20.3. The summed E-state index contributed by atoms with van der Waals surface area (Å²) >= 11 is 0. The Morgan fingerprint density at radius 2 is 1.74 bits per heavy atom. The molecular weight excluding hydrogens is 287 g/mol. The predicted octanol–water partition coefficient (Wildman–Crippen LogP) is 6.35. The monoisotopic (exact) mass is 320 g/mol. The Balaban J connectivity index is 1.75. The Morgan fingerprint density at radius 1 is 1.04 bits per heavy atom. The molecule has 23 heavy (non-hydrogen) atoms. The number of hydrogen-bond acceptors (Lipinski definition) is 1. The number of unbranched alkanes of at least 4 members (excludes halogenated alkanes) is 1. The van der Waals surface area contributed by atoms with E-state index in [0.29, 0.717) is 6.42 Å². The highest BCUT2D eigenvalue weighted by Crippen LogP contribution is 2.35. The van der Waals surface area contributed by atoms with Crippen molar-refractivity contribution in [2.45, 2.75) is 77.8 Å². The van der Waals surface area contributed by atoms with E-state index in [2.05, 4.69) is 13.8 Å². The third kappa shape index (κ3) is 6.16. The van der Waals surface area contributed by atoms with E-state index < -0.39 is 6.17 Å². The van der Waals surface area contributed by atoms with Crippen molar-refractivity contribution in [2.75, 3.05) is 6.61 Å². The fourth-order valence-corrected chi connectivity index (χ4v) is 3.69. The summed E-state index contributed by atoms with van der Waals surface area (Å²) in [6, 6.07) is 8.01. The van der Waals surface area contributed by atoms with Gasteiger partial charge in [-0.3, -0.25) is 0 Å². The van der Waals surface area contributed by atoms with E-state index in [4.69, 9.17) is 4.74 Å². The third-order valence-corrected chi connectivity index (χ3v) is 5.22. The summed E-state index contributed by atoms with van der Waals surface area (Å²) in [4.78, 5) is 0. The molecule has 130 valence electrons. The Morgan fingerprint density at radius 3 is 2.35 bits per heavy atom. The van der Waals surface area contributed by atoms with Crippen LogP contribution >= 0.6 is 0 Å². The van der Waals surface area contributed by atoms with Crippen molar-refractivity contribution in [3.8, 4) is 5.75 Å². The van der Waals surface area contributed by atoms with Gasteiger partial charge in [-0.2, -0.15) is 0 Å². The topological polar surface area (TPSA) is 9.23 Å². The molecule has 0 aromatic heterocycles. The molecule has 1 atom stereocenters. The molecule has 0 spiro atoms. The first kappa shape index (κ1) is 18.3. The molecule has 0 saturated heterocycles. The van der Waals surface area contributed by atoms with E-state index in [1.165, 1.54) is 25.7 Å². The number of hydrogen-bond donors (Lipinski definition) is 0. The van der Waals surface area contributed by atoms with Gasteiger partial charge in [-0.25, -0.2) is 4.39 Å². The minimum atomic E-state index is -0.690. The molecule has 2 heteroatoms. The summed E-state index contributed by atoms with van der Waals surface area (Å²) in [5.41, 5.74) is 1.09. The molecule has 1 nitrogen and oxygen atoms in total. The Labute approximate surface area is 141 Å². The van der Waals surface area contributed by atoms with Crippen LogP contribution < -0.4 is 4.74 Å². The van der Waals surface area contributed by atoms with E-state index >= 15 is 0 Å². The quantitative estimate of drug-likeness (QED) is 0.481. The van der Waals surface area contributed by atoms with Crippen LogP contribution in [0, 0.1) is 11.8 Å². The molecule has 1 saturated carbocycles. The maximum Gasteiger partial charge on any atom is 0.119 e. The average Bonchev–Trinajstić information content (AvgIpc) is 2.57. The fourth-order valence-electron chi connectivity index (χ4n) is 3.69. The van der Waals surface area contributed by atoms with Gasteiger partial charge >= 0.3 is 0 Å². The summed E-state index contributed by atoms with van der Waals surface area (Å²) in [6.07, 6.45) is 9.27. The number of halogens is 1. The van der Waals surface area contributed by atoms with Gasteiger partial charge in [0.2, 0.25) is 0 Å². The summed E-state index contributed by atoms with van der Waals surface area (Å²) in [7, 11) is 0. The highest BCUT2D eigenvalue weighted by molar-refractivity contribution is 5.27. The van der Waals surface area contributed by atoms with E-state index in [1.54, 1.807) is 0 Å². The maximum atomic E-state index is 14.6. The van der Waals surface area contributed by atoms with Gasteiger partial charge in [0.15, 0.2) is 0 Å². The lowest BCUT2D eigenvalue weighted by molar-refractivity contribution is 0.152. The number of alkyl halides is 1. The first-order valence-electron chi connectivity index (χ1n) is 9.58. The van der Waals surface area contributed by atoms with Crippen molar-refractivity contribution in [3.63, 3.8) is 0 Å². The van der Waals surface area contributed by atoms with Crippen molar-refractivity contribution in [3.05, 3.63) is 29.8 Å². The van der Waals surface area contributed by atoms with Gasteiger partial charge in [-0.1, -0.05) is 58.1 Å². The van der Waals surface area contributed by atoms with Crippen LogP contribution in [0.4, 0.5) is 4.39 Å². The number of benzene rings is 1. The van der Waals surface area contributed by atoms with Gasteiger partial charge in [0.25, 0.3) is 0 Å². The molecule has 1 aromatic carbocycles. The van der Waals surface area contributed by atoms with Crippen molar-refractivity contribution in [1.82, 2.24) is 0 Å². The molecule has 0 radical (unpaired) electrons. The third-order valence-electron chi connectivity index (χ3n) is 5.22. The van der Waals surface area contributed by atoms with Crippen molar-refractivity contribution in [1.29, 1.82) is 0 Å². The molecule has 1 fully saturated rings. The minimum absolute atomic E-state index is 0.267. The Bertz CT molecular complexity index is 420. The van der Waals surface area contributed by atoms with E-state index in [1.807, 2.05) is 24.3 Å². The van der Waals surface area contributed by atoms with Gasteiger partial charge in [-0.15, -0.1) is 0 Å². The second-order valence-electron chi connectivity index (χ2n) is 7.14. The molecule has 2 rings (SSSR count). The van der Waals surface area contributed by atoms with Crippen LogP contribution in [0.3, 0.4) is 0 Å². The second kappa shape index (κ2) is 9.95. The smallest absolute Gasteiger partial charge is 0.119 e. The highest BCUT2D eigenvalue weighted by atomic mass is 19.1. The van der Waals surface area contributed by atoms with Gasteiger partial charge in [0.05, 0.1) is 6.61 Å². The van der Waals surface area contributed by atoms with Crippen molar-refractivity contribution >= 4 is 0 Å². The molecule has 0 bridgehead atoms. The summed E-state index contributed by atoms with van der Waals surface area (Å²) in [5, 5.41) is 0. The Hall–Kier alpha value is -1.05. The lowest BCUT2D eigenvalue weighted by Crippen LogP contribution is -2.24. The Kier molecular flexibility index (Phi) is 7.91. The zero-order valence-corrected chi connectivity index (χ0v) is 14.9. The molecule has 1 aliphatic rings. The van der Waals surface area contributed by atoms with Crippen LogP contribution in [-0.4, -0.2) is 12.8 Å². The van der Waals surface area contributed by atoms with Crippen LogP contribution in [-0.2, 0) is 6.42 Å². The normalized spacial score (nSPS) is 22.7. The second-order valence-corrected chi connectivity index (χ2v) is 7.14. The largest absolute Gasteiger partial charge is 0.494 e. The number of ether oxygens (including phenoxy) is 1. The standard InChI is InChI=1S/C21H33FO/c1-3-5-15-23-20-13-9-18(10-14-20)16-21(22)19-11-7-17(6-4-2)8-12-19/h9-10,13-14,17,19,21H,3-8,11-12,15-16H2,1-2H3/t17-,19-,21?. The molecule has 1 aliphatic carbocycles. The van der Waals surface area contributed by atoms with E-state index in [0.717, 1.165) is 49.5 Å². The minimum Gasteiger partial charge on any atom is -0.494 e. The van der Waals surface area contributed by atoms with Gasteiger partial charge in [0.1, 0.15) is 11.9 Å². The van der Waals surface area contributed by atoms with Crippen LogP contribution in [0.1, 0.15) is 70.8 Å². The first-order valence-corrected chi connectivity index (χ1v) is 9.58. The van der Waals surface area contributed by atoms with Crippen molar-refractivity contribution in [2.24, 2.45) is 11.8 Å². The zero-order chi connectivity index (χ0) is 16.5. The lowest BCUT2D eigenvalue weighted by atomic mass is 9.77. The molecular formula is C21H33FO. The van der Waals surface area contributed by atoms with Gasteiger partial charge in [0, 0.05) is 6.42 Å². The van der Waals surface area contributed by atoms with E-state index in [-0.39, 0.29) is 5.92 Å². The average molecular weight is 320 g/mol. The van der Waals surface area contributed by atoms with Gasteiger partial charge in [-0.05, 0) is 48.8 Å². The maximum absolute atomic E-state index is 14.6. The summed E-state index contributed by atoms with van der Waals surface area (Å²) in [6.45, 7) is 5.17. The fraction of sp³-hybridized carbons (Fsp3) is 0.714. The van der Waals surface area contributed by atoms with Crippen LogP contribution in [0.2, 0.25) is 0 Å². The molecule has 0 aliphatic heterocycles. The number of rotatable bonds is 9. The van der Waals surface area contributed by atoms with Crippen molar-refractivity contribution < 1.29 is 9.13 Å². The molecule has 1 unspecified atom stereocenters. The first-order chi connectivity index (χ1) is 11.2. The van der Waals surface area contributed by atoms with Gasteiger partial charge < -0.3 is 4.74 Å². The molecule has 0 heterocycles. The SMILES string of the molecule is CCCCOc1ccc(CC(F)[C@H]2CC[C@H](CCC)CC2)cc1. The predicted molar refractivity (Wildman–Crippen MR) is 95.8 cm³/mol. The van der Waals surface area contributed by atoms with Crippen LogP contribution in [0.25, 0.3) is 0 Å². The zero-order valence-electron chi connectivity index (χ0n) is 14.9. The van der Waals surface area contributed by atoms with Crippen LogP contribution in [0.15, 0.2) is 24.3 Å². The van der Waals surface area contributed by atoms with E-state index in [9.17, 15) is 4.39 Å². The lowest BCUT2D eigenvalue weighted by Gasteiger charge is -2.30. The highest BCUT2D eigenvalue weighted by Gasteiger charge is 2.27. The molecule has 1 aromatic rings.